The quantitative estimate of drug-likeness (QED) is 0.481. The van der Waals surface area contributed by atoms with Crippen molar-refractivity contribution in [2.75, 3.05) is 6.79 Å². The first-order chi connectivity index (χ1) is 15.0. The van der Waals surface area contributed by atoms with E-state index in [-0.39, 0.29) is 24.8 Å². The molecule has 0 spiro atoms. The second kappa shape index (κ2) is 7.52. The highest BCUT2D eigenvalue weighted by molar-refractivity contribution is 5.95. The van der Waals surface area contributed by atoms with Crippen molar-refractivity contribution in [2.24, 2.45) is 0 Å². The van der Waals surface area contributed by atoms with Crippen LogP contribution in [-0.4, -0.2) is 12.6 Å². The summed E-state index contributed by atoms with van der Waals surface area (Å²) in [6.45, 7) is 4.51. The Morgan fingerprint density at radius 3 is 2.52 bits per heavy atom. The number of carbonyl (C=O) groups is 1. The van der Waals surface area contributed by atoms with Gasteiger partial charge in [0.05, 0.1) is 5.41 Å². The molecule has 1 aliphatic carbocycles. The van der Waals surface area contributed by atoms with Gasteiger partial charge in [-0.3, -0.25) is 4.79 Å². The molecule has 158 valence electrons. The van der Waals surface area contributed by atoms with E-state index in [1.165, 1.54) is 11.6 Å². The van der Waals surface area contributed by atoms with Crippen LogP contribution in [-0.2, 0) is 16.6 Å². The molecule has 1 aliphatic heterocycles. The number of ketones is 1. The van der Waals surface area contributed by atoms with Crippen molar-refractivity contribution in [2.45, 2.75) is 44.4 Å². The van der Waals surface area contributed by atoms with Gasteiger partial charge in [-0.1, -0.05) is 50.2 Å². The van der Waals surface area contributed by atoms with Gasteiger partial charge in [0, 0.05) is 6.42 Å². The van der Waals surface area contributed by atoms with E-state index in [1.807, 2.05) is 36.4 Å². The summed E-state index contributed by atoms with van der Waals surface area (Å²) in [5.74, 6) is 1.51. The first-order valence-electron chi connectivity index (χ1n) is 10.8. The largest absolute Gasteiger partial charge is 0.454 e. The number of benzene rings is 3. The number of hydrogen-bond donors (Lipinski definition) is 0. The van der Waals surface area contributed by atoms with Crippen LogP contribution < -0.4 is 9.47 Å². The molecular formula is C27H25FO3. The van der Waals surface area contributed by atoms with E-state index >= 15 is 0 Å². The zero-order chi connectivity index (χ0) is 21.6. The number of carbonyl (C=O) groups excluding carboxylic acids is 1. The SMILES string of the molecule is CC(C)c1cccc(-c2ccc(F)c(CC(=O)C3(c4ccc5c(c4)OCO5)CC3)c2)c1. The lowest BCUT2D eigenvalue weighted by atomic mass is 9.87. The zero-order valence-corrected chi connectivity index (χ0v) is 17.8. The Morgan fingerprint density at radius 2 is 1.74 bits per heavy atom. The van der Waals surface area contributed by atoms with Gasteiger partial charge in [0.15, 0.2) is 11.5 Å². The fraction of sp³-hybridized carbons (Fsp3) is 0.296. The van der Waals surface area contributed by atoms with Crippen LogP contribution in [0.15, 0.2) is 60.7 Å². The molecule has 3 nitrogen and oxygen atoms in total. The van der Waals surface area contributed by atoms with Crippen LogP contribution in [0.1, 0.15) is 49.3 Å². The highest BCUT2D eigenvalue weighted by atomic mass is 19.1. The maximum absolute atomic E-state index is 14.7. The van der Waals surface area contributed by atoms with Gasteiger partial charge in [-0.15, -0.1) is 0 Å². The molecule has 2 aliphatic rings. The molecule has 0 radical (unpaired) electrons. The maximum atomic E-state index is 14.7. The average Bonchev–Trinajstić information content (AvgIpc) is 3.46. The molecule has 1 saturated carbocycles. The summed E-state index contributed by atoms with van der Waals surface area (Å²) >= 11 is 0. The standard InChI is InChI=1S/C27H25FO3/c1-17(2)18-4-3-5-19(12-18)20-6-8-23(28)21(13-20)14-26(29)27(10-11-27)22-7-9-24-25(15-22)31-16-30-24/h3-9,12-13,15,17H,10-11,14,16H2,1-2H3. The number of ether oxygens (including phenoxy) is 2. The van der Waals surface area contributed by atoms with Crippen molar-refractivity contribution < 1.29 is 18.7 Å². The van der Waals surface area contributed by atoms with Crippen LogP contribution in [0.2, 0.25) is 0 Å². The Hall–Kier alpha value is -3.14. The van der Waals surface area contributed by atoms with Crippen molar-refractivity contribution >= 4 is 5.78 Å². The van der Waals surface area contributed by atoms with Crippen LogP contribution >= 0.6 is 0 Å². The first kappa shape index (κ1) is 19.8. The lowest BCUT2D eigenvalue weighted by Crippen LogP contribution is -2.23. The number of hydrogen-bond acceptors (Lipinski definition) is 3. The molecule has 0 aromatic heterocycles. The molecule has 0 atom stereocenters. The van der Waals surface area contributed by atoms with Gasteiger partial charge in [0.1, 0.15) is 11.6 Å². The molecule has 3 aromatic carbocycles. The second-order valence-electron chi connectivity index (χ2n) is 8.84. The monoisotopic (exact) mass is 416 g/mol. The minimum Gasteiger partial charge on any atom is -0.454 e. The smallest absolute Gasteiger partial charge is 0.231 e. The average molecular weight is 416 g/mol. The number of Topliss-reactive ketones (excluding diaryl/α,β-unsaturated/α-hetero) is 1. The van der Waals surface area contributed by atoms with Crippen molar-refractivity contribution in [3.8, 4) is 22.6 Å². The third-order valence-electron chi connectivity index (χ3n) is 6.49. The van der Waals surface area contributed by atoms with Crippen molar-refractivity contribution in [3.63, 3.8) is 0 Å². The molecule has 0 bridgehead atoms. The van der Waals surface area contributed by atoms with Gasteiger partial charge < -0.3 is 9.47 Å². The summed E-state index contributed by atoms with van der Waals surface area (Å²) in [6, 6.07) is 19.1. The normalized spacial score (nSPS) is 15.9. The van der Waals surface area contributed by atoms with E-state index in [9.17, 15) is 9.18 Å². The highest BCUT2D eigenvalue weighted by Gasteiger charge is 2.51. The topological polar surface area (TPSA) is 35.5 Å². The summed E-state index contributed by atoms with van der Waals surface area (Å²) in [6.07, 6.45) is 1.64. The molecule has 0 unspecified atom stereocenters. The highest BCUT2D eigenvalue weighted by Crippen LogP contribution is 2.51. The first-order valence-corrected chi connectivity index (χ1v) is 10.8. The van der Waals surface area contributed by atoms with Gasteiger partial charge in [-0.05, 0) is 70.8 Å². The van der Waals surface area contributed by atoms with E-state index in [2.05, 4.69) is 26.0 Å². The Bertz CT molecular complexity index is 1160. The van der Waals surface area contributed by atoms with Gasteiger partial charge in [-0.2, -0.15) is 0 Å². The Balaban J connectivity index is 1.42. The van der Waals surface area contributed by atoms with Crippen LogP contribution in [0.4, 0.5) is 4.39 Å². The molecule has 3 aromatic rings. The third kappa shape index (κ3) is 3.60. The summed E-state index contributed by atoms with van der Waals surface area (Å²) in [4.78, 5) is 13.3. The molecule has 4 heteroatoms. The summed E-state index contributed by atoms with van der Waals surface area (Å²) in [7, 11) is 0. The van der Waals surface area contributed by atoms with Crippen LogP contribution in [0.3, 0.4) is 0 Å². The summed E-state index contributed by atoms with van der Waals surface area (Å²) < 4.78 is 25.5. The number of fused-ring (bicyclic) bond motifs is 1. The van der Waals surface area contributed by atoms with Gasteiger partial charge in [-0.25, -0.2) is 4.39 Å². The van der Waals surface area contributed by atoms with Crippen LogP contribution in [0.25, 0.3) is 11.1 Å². The molecular weight excluding hydrogens is 391 g/mol. The van der Waals surface area contributed by atoms with E-state index in [1.54, 1.807) is 6.07 Å². The van der Waals surface area contributed by atoms with Crippen molar-refractivity contribution in [3.05, 3.63) is 83.2 Å². The van der Waals surface area contributed by atoms with E-state index in [0.29, 0.717) is 23.0 Å². The minimum absolute atomic E-state index is 0.0540. The number of rotatable bonds is 6. The van der Waals surface area contributed by atoms with Gasteiger partial charge in [0.2, 0.25) is 6.79 Å². The van der Waals surface area contributed by atoms with Crippen LogP contribution in [0, 0.1) is 5.82 Å². The molecule has 1 fully saturated rings. The fourth-order valence-electron chi connectivity index (χ4n) is 4.36. The Morgan fingerprint density at radius 1 is 0.968 bits per heavy atom. The fourth-order valence-corrected chi connectivity index (χ4v) is 4.36. The summed E-state index contributed by atoms with van der Waals surface area (Å²) in [5.41, 5.74) is 4.05. The lowest BCUT2D eigenvalue weighted by Gasteiger charge is -2.16. The maximum Gasteiger partial charge on any atom is 0.231 e. The lowest BCUT2D eigenvalue weighted by molar-refractivity contribution is -0.120. The van der Waals surface area contributed by atoms with E-state index in [0.717, 1.165) is 29.5 Å². The Kier molecular flexibility index (Phi) is 4.81. The number of halogens is 1. The van der Waals surface area contributed by atoms with Crippen molar-refractivity contribution in [1.82, 2.24) is 0 Å². The predicted molar refractivity (Wildman–Crippen MR) is 118 cm³/mol. The molecule has 5 rings (SSSR count). The second-order valence-corrected chi connectivity index (χ2v) is 8.84. The van der Waals surface area contributed by atoms with E-state index < -0.39 is 5.41 Å². The molecule has 31 heavy (non-hydrogen) atoms. The Labute approximate surface area is 181 Å². The zero-order valence-electron chi connectivity index (χ0n) is 17.8. The third-order valence-corrected chi connectivity index (χ3v) is 6.49. The minimum atomic E-state index is -0.541. The van der Waals surface area contributed by atoms with Crippen LogP contribution in [0.5, 0.6) is 11.5 Å². The van der Waals surface area contributed by atoms with Gasteiger partial charge >= 0.3 is 0 Å². The molecule has 0 amide bonds. The predicted octanol–water partition coefficient (Wildman–Crippen LogP) is 6.19. The molecule has 0 N–H and O–H groups in total. The summed E-state index contributed by atoms with van der Waals surface area (Å²) in [5, 5.41) is 0. The van der Waals surface area contributed by atoms with Gasteiger partial charge in [0.25, 0.3) is 0 Å². The molecule has 1 heterocycles. The van der Waals surface area contributed by atoms with Crippen molar-refractivity contribution in [1.29, 1.82) is 0 Å². The van der Waals surface area contributed by atoms with E-state index in [4.69, 9.17) is 9.47 Å². The molecule has 0 saturated heterocycles.